The van der Waals surface area contributed by atoms with Crippen molar-refractivity contribution in [2.24, 2.45) is 0 Å². The van der Waals surface area contributed by atoms with Crippen LogP contribution in [-0.4, -0.2) is 32.7 Å². The fourth-order valence-electron chi connectivity index (χ4n) is 1.60. The van der Waals surface area contributed by atoms with Gasteiger partial charge < -0.3 is 10.4 Å². The zero-order chi connectivity index (χ0) is 14.8. The topological polar surface area (TPSA) is 121 Å². The van der Waals surface area contributed by atoms with Gasteiger partial charge in [0.05, 0.1) is 11.5 Å². The zero-order valence-corrected chi connectivity index (χ0v) is 11.3. The lowest BCUT2D eigenvalue weighted by Crippen LogP contribution is -2.38. The molecule has 0 radical (unpaired) electrons. The Labute approximate surface area is 117 Å². The van der Waals surface area contributed by atoms with Crippen LogP contribution < -0.4 is 5.32 Å². The van der Waals surface area contributed by atoms with Crippen molar-refractivity contribution in [1.82, 2.24) is 15.5 Å². The first-order chi connectivity index (χ1) is 9.42. The molecule has 0 aromatic carbocycles. The third-order valence-electron chi connectivity index (χ3n) is 2.78. The second-order valence-corrected chi connectivity index (χ2v) is 5.14. The summed E-state index contributed by atoms with van der Waals surface area (Å²) in [6, 6.07) is 1.75. The maximum absolute atomic E-state index is 11.9. The van der Waals surface area contributed by atoms with Gasteiger partial charge in [0.1, 0.15) is 11.8 Å². The van der Waals surface area contributed by atoms with E-state index in [2.05, 4.69) is 15.5 Å². The van der Waals surface area contributed by atoms with Gasteiger partial charge in [-0.1, -0.05) is 0 Å². The van der Waals surface area contributed by atoms with Crippen molar-refractivity contribution in [2.75, 3.05) is 6.54 Å². The van der Waals surface area contributed by atoms with E-state index in [0.717, 1.165) is 6.20 Å². The van der Waals surface area contributed by atoms with Crippen LogP contribution in [0, 0.1) is 10.1 Å². The number of amides is 1. The van der Waals surface area contributed by atoms with Crippen molar-refractivity contribution in [3.8, 4) is 0 Å². The summed E-state index contributed by atoms with van der Waals surface area (Å²) >= 11 is 1.43. The van der Waals surface area contributed by atoms with Gasteiger partial charge in [-0.2, -0.15) is 16.4 Å². The van der Waals surface area contributed by atoms with Crippen molar-refractivity contribution in [1.29, 1.82) is 0 Å². The Bertz CT molecular complexity index is 620. The highest BCUT2D eigenvalue weighted by Crippen LogP contribution is 2.22. The van der Waals surface area contributed by atoms with Gasteiger partial charge in [-0.05, 0) is 29.3 Å². The van der Waals surface area contributed by atoms with Crippen LogP contribution in [0.15, 0.2) is 23.0 Å². The lowest BCUT2D eigenvalue weighted by Gasteiger charge is -2.22. The number of aliphatic hydroxyl groups is 1. The second-order valence-electron chi connectivity index (χ2n) is 4.36. The first kappa shape index (κ1) is 14.2. The number of nitrogens with one attached hydrogen (secondary N) is 2. The van der Waals surface area contributed by atoms with E-state index in [1.165, 1.54) is 11.3 Å². The van der Waals surface area contributed by atoms with Crippen molar-refractivity contribution >= 4 is 22.9 Å². The third kappa shape index (κ3) is 2.83. The Morgan fingerprint density at radius 2 is 2.45 bits per heavy atom. The molecule has 20 heavy (non-hydrogen) atoms. The van der Waals surface area contributed by atoms with E-state index in [9.17, 15) is 20.0 Å². The molecular weight excluding hydrogens is 284 g/mol. The van der Waals surface area contributed by atoms with Gasteiger partial charge in [0.15, 0.2) is 0 Å². The summed E-state index contributed by atoms with van der Waals surface area (Å²) in [5.74, 6) is -0.690. The molecule has 3 N–H and O–H groups in total. The van der Waals surface area contributed by atoms with Crippen LogP contribution >= 0.6 is 11.3 Å². The lowest BCUT2D eigenvalue weighted by atomic mass is 9.99. The molecule has 0 aliphatic carbocycles. The summed E-state index contributed by atoms with van der Waals surface area (Å²) < 4.78 is 0. The zero-order valence-electron chi connectivity index (χ0n) is 10.5. The Morgan fingerprint density at radius 1 is 1.70 bits per heavy atom. The first-order valence-corrected chi connectivity index (χ1v) is 6.57. The standard InChI is InChI=1S/C11H12N4O4S/c1-11(17,7-2-3-20-5-7)6-12-10(16)9-8(15(18)19)4-13-14-9/h2-5,17H,6H2,1H3,(H,12,16)(H,13,14). The van der Waals surface area contributed by atoms with E-state index in [4.69, 9.17) is 0 Å². The molecule has 1 atom stereocenters. The Hall–Kier alpha value is -2.26. The predicted octanol–water partition coefficient (Wildman–Crippen LogP) is 1.02. The lowest BCUT2D eigenvalue weighted by molar-refractivity contribution is -0.385. The van der Waals surface area contributed by atoms with Gasteiger partial charge in [-0.25, -0.2) is 0 Å². The second kappa shape index (κ2) is 5.39. The molecule has 0 aliphatic rings. The average molecular weight is 296 g/mol. The molecule has 2 aromatic heterocycles. The Morgan fingerprint density at radius 3 is 3.05 bits per heavy atom. The van der Waals surface area contributed by atoms with E-state index in [0.29, 0.717) is 5.56 Å². The number of nitro groups is 1. The highest BCUT2D eigenvalue weighted by molar-refractivity contribution is 7.08. The number of H-pyrrole nitrogens is 1. The predicted molar refractivity (Wildman–Crippen MR) is 71.5 cm³/mol. The molecule has 1 amide bonds. The minimum atomic E-state index is -1.25. The fourth-order valence-corrected chi connectivity index (χ4v) is 2.38. The van der Waals surface area contributed by atoms with Gasteiger partial charge in [0.25, 0.3) is 5.91 Å². The average Bonchev–Trinajstić information content (AvgIpc) is 3.06. The minimum absolute atomic E-state index is 0.0707. The molecule has 9 heteroatoms. The molecule has 2 rings (SSSR count). The number of hydrogen-bond acceptors (Lipinski definition) is 6. The fraction of sp³-hybridized carbons (Fsp3) is 0.273. The van der Waals surface area contributed by atoms with E-state index >= 15 is 0 Å². The third-order valence-corrected chi connectivity index (χ3v) is 3.46. The molecular formula is C11H12N4O4S. The number of rotatable bonds is 5. The normalized spacial score (nSPS) is 13.7. The number of aromatic nitrogens is 2. The summed E-state index contributed by atoms with van der Waals surface area (Å²) in [6.07, 6.45) is 0.964. The summed E-state index contributed by atoms with van der Waals surface area (Å²) in [7, 11) is 0. The van der Waals surface area contributed by atoms with Crippen LogP contribution in [0.25, 0.3) is 0 Å². The molecule has 2 heterocycles. The van der Waals surface area contributed by atoms with Gasteiger partial charge in [-0.3, -0.25) is 20.0 Å². The number of aromatic amines is 1. The van der Waals surface area contributed by atoms with Crippen LogP contribution in [0.5, 0.6) is 0 Å². The van der Waals surface area contributed by atoms with Crippen LogP contribution in [0.1, 0.15) is 23.0 Å². The molecule has 0 bridgehead atoms. The number of hydrogen-bond donors (Lipinski definition) is 3. The van der Waals surface area contributed by atoms with Gasteiger partial charge in [-0.15, -0.1) is 0 Å². The molecule has 0 aliphatic heterocycles. The first-order valence-electron chi connectivity index (χ1n) is 5.63. The maximum atomic E-state index is 11.9. The van der Waals surface area contributed by atoms with Crippen molar-refractivity contribution < 1.29 is 14.8 Å². The van der Waals surface area contributed by atoms with Crippen molar-refractivity contribution in [3.63, 3.8) is 0 Å². The maximum Gasteiger partial charge on any atom is 0.319 e. The van der Waals surface area contributed by atoms with Gasteiger partial charge in [0.2, 0.25) is 5.69 Å². The Kier molecular flexibility index (Phi) is 3.81. The minimum Gasteiger partial charge on any atom is -0.384 e. The SMILES string of the molecule is CC(O)(CNC(=O)c1[nH]ncc1[N+](=O)[O-])c1ccsc1. The van der Waals surface area contributed by atoms with Crippen LogP contribution in [-0.2, 0) is 5.60 Å². The number of carbonyl (C=O) groups is 1. The van der Waals surface area contributed by atoms with Crippen LogP contribution in [0.4, 0.5) is 5.69 Å². The monoisotopic (exact) mass is 296 g/mol. The summed E-state index contributed by atoms with van der Waals surface area (Å²) in [5.41, 5.74) is -1.22. The molecule has 0 saturated heterocycles. The molecule has 0 spiro atoms. The van der Waals surface area contributed by atoms with Crippen LogP contribution in [0.2, 0.25) is 0 Å². The van der Waals surface area contributed by atoms with E-state index in [1.807, 2.05) is 5.38 Å². The smallest absolute Gasteiger partial charge is 0.319 e. The summed E-state index contributed by atoms with van der Waals surface area (Å²) in [4.78, 5) is 21.8. The van der Waals surface area contributed by atoms with E-state index in [1.54, 1.807) is 18.4 Å². The highest BCUT2D eigenvalue weighted by atomic mass is 32.1. The van der Waals surface area contributed by atoms with E-state index < -0.39 is 22.1 Å². The van der Waals surface area contributed by atoms with Crippen LogP contribution in [0.3, 0.4) is 0 Å². The van der Waals surface area contributed by atoms with E-state index in [-0.39, 0.29) is 12.2 Å². The summed E-state index contributed by atoms with van der Waals surface area (Å²) in [5, 5.41) is 32.7. The van der Waals surface area contributed by atoms with Gasteiger partial charge >= 0.3 is 5.69 Å². The molecule has 2 aromatic rings. The molecule has 0 fully saturated rings. The van der Waals surface area contributed by atoms with Crippen molar-refractivity contribution in [3.05, 3.63) is 44.4 Å². The summed E-state index contributed by atoms with van der Waals surface area (Å²) in [6.45, 7) is 1.48. The molecule has 0 saturated carbocycles. The Balaban J connectivity index is 2.06. The largest absolute Gasteiger partial charge is 0.384 e. The highest BCUT2D eigenvalue weighted by Gasteiger charge is 2.27. The number of nitrogens with zero attached hydrogens (tertiary/aromatic N) is 2. The van der Waals surface area contributed by atoms with Gasteiger partial charge in [0, 0.05) is 0 Å². The molecule has 106 valence electrons. The molecule has 8 nitrogen and oxygen atoms in total. The molecule has 1 unspecified atom stereocenters. The quantitative estimate of drug-likeness (QED) is 0.561. The van der Waals surface area contributed by atoms with Crippen molar-refractivity contribution in [2.45, 2.75) is 12.5 Å². The number of carbonyl (C=O) groups excluding carboxylic acids is 1. The number of thiophene rings is 1.